The van der Waals surface area contributed by atoms with E-state index in [9.17, 15) is 8.42 Å². The molecule has 0 atom stereocenters. The number of sulfone groups is 1. The molecular weight excluding hydrogens is 319 g/mol. The molecule has 0 spiro atoms. The topological polar surface area (TPSA) is 52.0 Å². The Morgan fingerprint density at radius 3 is 2.75 bits per heavy atom. The molecule has 0 aliphatic heterocycles. The van der Waals surface area contributed by atoms with Crippen molar-refractivity contribution in [2.24, 2.45) is 0 Å². The molecule has 0 saturated heterocycles. The van der Waals surface area contributed by atoms with Gasteiger partial charge in [0.25, 0.3) is 0 Å². The van der Waals surface area contributed by atoms with Gasteiger partial charge in [-0.2, -0.15) is 0 Å². The number of rotatable bonds is 6. The largest absolute Gasteiger partial charge is 0.328 e. The summed E-state index contributed by atoms with van der Waals surface area (Å²) < 4.78 is 24.5. The van der Waals surface area contributed by atoms with Crippen LogP contribution in [0, 0.1) is 0 Å². The SMILES string of the molecule is CS(=O)(=O)CCCn1c(CCCl)nc2ccc(Cl)cc21. The minimum absolute atomic E-state index is 0.160. The lowest BCUT2D eigenvalue weighted by Crippen LogP contribution is -2.10. The number of alkyl halides is 1. The number of hydrogen-bond donors (Lipinski definition) is 0. The Morgan fingerprint density at radius 2 is 2.10 bits per heavy atom. The molecule has 0 aliphatic carbocycles. The third-order valence-electron chi connectivity index (χ3n) is 3.00. The number of hydrogen-bond acceptors (Lipinski definition) is 3. The molecule has 2 rings (SSSR count). The minimum Gasteiger partial charge on any atom is -0.328 e. The Morgan fingerprint density at radius 1 is 1.35 bits per heavy atom. The molecule has 1 aromatic heterocycles. The van der Waals surface area contributed by atoms with Crippen LogP contribution in [0.5, 0.6) is 0 Å². The van der Waals surface area contributed by atoms with Crippen molar-refractivity contribution in [1.82, 2.24) is 9.55 Å². The van der Waals surface area contributed by atoms with Gasteiger partial charge < -0.3 is 4.57 Å². The van der Waals surface area contributed by atoms with Gasteiger partial charge in [-0.25, -0.2) is 13.4 Å². The molecule has 7 heteroatoms. The molecule has 0 amide bonds. The van der Waals surface area contributed by atoms with Gasteiger partial charge in [0.05, 0.1) is 16.8 Å². The van der Waals surface area contributed by atoms with Crippen LogP contribution in [-0.2, 0) is 22.8 Å². The molecule has 4 nitrogen and oxygen atoms in total. The predicted molar refractivity (Wildman–Crippen MR) is 83.5 cm³/mol. The number of imidazole rings is 1. The quantitative estimate of drug-likeness (QED) is 0.763. The van der Waals surface area contributed by atoms with Crippen LogP contribution in [0.3, 0.4) is 0 Å². The van der Waals surface area contributed by atoms with E-state index in [4.69, 9.17) is 23.2 Å². The first-order valence-corrected chi connectivity index (χ1v) is 9.26. The standard InChI is InChI=1S/C13H16Cl2N2O2S/c1-20(18,19)8-2-7-17-12-9-10(15)3-4-11(12)16-13(17)5-6-14/h3-4,9H,2,5-8H2,1H3. The number of benzene rings is 1. The maximum Gasteiger partial charge on any atom is 0.147 e. The van der Waals surface area contributed by atoms with E-state index in [0.29, 0.717) is 30.3 Å². The summed E-state index contributed by atoms with van der Waals surface area (Å²) >= 11 is 11.8. The number of fused-ring (bicyclic) bond motifs is 1. The molecule has 2 aromatic rings. The van der Waals surface area contributed by atoms with Crippen LogP contribution in [0.2, 0.25) is 5.02 Å². The van der Waals surface area contributed by atoms with Crippen molar-refractivity contribution in [1.29, 1.82) is 0 Å². The Bertz CT molecular complexity index is 710. The van der Waals surface area contributed by atoms with Crippen LogP contribution in [0.15, 0.2) is 18.2 Å². The molecule has 0 N–H and O–H groups in total. The molecule has 0 aliphatic rings. The summed E-state index contributed by atoms with van der Waals surface area (Å²) in [4.78, 5) is 4.53. The molecular formula is C13H16Cl2N2O2S. The molecule has 0 fully saturated rings. The van der Waals surface area contributed by atoms with Gasteiger partial charge in [0, 0.05) is 30.1 Å². The molecule has 20 heavy (non-hydrogen) atoms. The molecule has 110 valence electrons. The van der Waals surface area contributed by atoms with Gasteiger partial charge in [-0.1, -0.05) is 11.6 Å². The minimum atomic E-state index is -2.95. The highest BCUT2D eigenvalue weighted by atomic mass is 35.5. The second-order valence-electron chi connectivity index (χ2n) is 4.74. The summed E-state index contributed by atoms with van der Waals surface area (Å²) in [7, 11) is -2.95. The summed E-state index contributed by atoms with van der Waals surface area (Å²) in [5.41, 5.74) is 1.78. The van der Waals surface area contributed by atoms with Gasteiger partial charge in [0.1, 0.15) is 15.7 Å². The number of halogens is 2. The van der Waals surface area contributed by atoms with Crippen molar-refractivity contribution in [3.63, 3.8) is 0 Å². The smallest absolute Gasteiger partial charge is 0.147 e. The normalized spacial score (nSPS) is 12.2. The lowest BCUT2D eigenvalue weighted by atomic mass is 10.3. The van der Waals surface area contributed by atoms with E-state index in [-0.39, 0.29) is 5.75 Å². The van der Waals surface area contributed by atoms with E-state index >= 15 is 0 Å². The summed E-state index contributed by atoms with van der Waals surface area (Å²) in [6, 6.07) is 5.51. The lowest BCUT2D eigenvalue weighted by molar-refractivity contribution is 0.590. The van der Waals surface area contributed by atoms with E-state index in [0.717, 1.165) is 16.9 Å². The fraction of sp³-hybridized carbons (Fsp3) is 0.462. The summed E-state index contributed by atoms with van der Waals surface area (Å²) in [6.07, 6.45) is 2.44. The van der Waals surface area contributed by atoms with E-state index in [1.54, 1.807) is 6.07 Å². The maximum absolute atomic E-state index is 11.2. The highest BCUT2D eigenvalue weighted by Gasteiger charge is 2.11. The molecule has 0 radical (unpaired) electrons. The van der Waals surface area contributed by atoms with Crippen LogP contribution < -0.4 is 0 Å². The van der Waals surface area contributed by atoms with Gasteiger partial charge in [-0.15, -0.1) is 11.6 Å². The van der Waals surface area contributed by atoms with Crippen LogP contribution in [0.1, 0.15) is 12.2 Å². The summed E-state index contributed by atoms with van der Waals surface area (Å²) in [6.45, 7) is 0.593. The molecule has 0 unspecified atom stereocenters. The molecule has 0 saturated carbocycles. The number of nitrogens with zero attached hydrogens (tertiary/aromatic N) is 2. The van der Waals surface area contributed by atoms with E-state index < -0.39 is 9.84 Å². The highest BCUT2D eigenvalue weighted by molar-refractivity contribution is 7.90. The first-order chi connectivity index (χ1) is 9.40. The van der Waals surface area contributed by atoms with E-state index in [2.05, 4.69) is 4.98 Å². The van der Waals surface area contributed by atoms with E-state index in [1.807, 2.05) is 16.7 Å². The van der Waals surface area contributed by atoms with Gasteiger partial charge in [0.2, 0.25) is 0 Å². The molecule has 1 aromatic carbocycles. The second-order valence-corrected chi connectivity index (χ2v) is 7.81. The van der Waals surface area contributed by atoms with Crippen molar-refractivity contribution < 1.29 is 8.42 Å². The first-order valence-electron chi connectivity index (χ1n) is 6.29. The van der Waals surface area contributed by atoms with Gasteiger partial charge in [-0.05, 0) is 24.6 Å². The second kappa shape index (κ2) is 6.33. The van der Waals surface area contributed by atoms with Crippen molar-refractivity contribution in [3.8, 4) is 0 Å². The molecule has 1 heterocycles. The van der Waals surface area contributed by atoms with E-state index in [1.165, 1.54) is 6.26 Å². The van der Waals surface area contributed by atoms with Crippen molar-refractivity contribution in [3.05, 3.63) is 29.0 Å². The zero-order chi connectivity index (χ0) is 14.8. The van der Waals surface area contributed by atoms with Gasteiger partial charge >= 0.3 is 0 Å². The van der Waals surface area contributed by atoms with Gasteiger partial charge in [0.15, 0.2) is 0 Å². The molecule has 0 bridgehead atoms. The summed E-state index contributed by atoms with van der Waals surface area (Å²) in [5, 5.41) is 0.638. The van der Waals surface area contributed by atoms with Crippen LogP contribution in [-0.4, -0.2) is 35.9 Å². The monoisotopic (exact) mass is 334 g/mol. The third kappa shape index (κ3) is 3.87. The predicted octanol–water partition coefficient (Wildman–Crippen LogP) is 2.91. The fourth-order valence-electron chi connectivity index (χ4n) is 2.16. The van der Waals surface area contributed by atoms with Crippen molar-refractivity contribution in [2.45, 2.75) is 19.4 Å². The first kappa shape index (κ1) is 15.6. The van der Waals surface area contributed by atoms with Crippen LogP contribution in [0.25, 0.3) is 11.0 Å². The van der Waals surface area contributed by atoms with Crippen molar-refractivity contribution >= 4 is 44.1 Å². The number of aryl methyl sites for hydroxylation is 2. The average Bonchev–Trinajstić information content (AvgIpc) is 2.66. The fourth-order valence-corrected chi connectivity index (χ4v) is 3.14. The zero-order valence-electron chi connectivity index (χ0n) is 11.1. The Balaban J connectivity index is 2.32. The maximum atomic E-state index is 11.2. The third-order valence-corrected chi connectivity index (χ3v) is 4.46. The Hall–Kier alpha value is -0.780. The Labute approximate surface area is 128 Å². The number of aromatic nitrogens is 2. The lowest BCUT2D eigenvalue weighted by Gasteiger charge is -2.08. The zero-order valence-corrected chi connectivity index (χ0v) is 13.5. The van der Waals surface area contributed by atoms with Crippen molar-refractivity contribution in [2.75, 3.05) is 17.9 Å². The van der Waals surface area contributed by atoms with Crippen LogP contribution in [0.4, 0.5) is 0 Å². The average molecular weight is 335 g/mol. The highest BCUT2D eigenvalue weighted by Crippen LogP contribution is 2.21. The van der Waals surface area contributed by atoms with Crippen LogP contribution >= 0.6 is 23.2 Å². The summed E-state index contributed by atoms with van der Waals surface area (Å²) in [5.74, 6) is 1.50. The Kier molecular flexibility index (Phi) is 4.94. The van der Waals surface area contributed by atoms with Gasteiger partial charge in [-0.3, -0.25) is 0 Å².